The minimum Gasteiger partial charge on any atom is -0.462 e. The van der Waals surface area contributed by atoms with E-state index in [0.29, 0.717) is 11.0 Å². The quantitative estimate of drug-likeness (QED) is 0.315. The first-order chi connectivity index (χ1) is 16.2. The van der Waals surface area contributed by atoms with Crippen LogP contribution in [0.3, 0.4) is 0 Å². The highest BCUT2D eigenvalue weighted by Gasteiger charge is 2.34. The van der Waals surface area contributed by atoms with Gasteiger partial charge >= 0.3 is 12.1 Å². The number of ether oxygens (including phenoxy) is 1. The molecule has 10 heteroatoms. The molecule has 0 amide bonds. The summed E-state index contributed by atoms with van der Waals surface area (Å²) in [6.45, 7) is 4.19. The number of hydrogen-bond acceptors (Lipinski definition) is 5. The maximum absolute atomic E-state index is 13.5. The number of halogens is 4. The van der Waals surface area contributed by atoms with Crippen LogP contribution >= 0.6 is 11.6 Å². The Labute approximate surface area is 198 Å². The summed E-state index contributed by atoms with van der Waals surface area (Å²) < 4.78 is 47.3. The fourth-order valence-electron chi connectivity index (χ4n) is 3.78. The van der Waals surface area contributed by atoms with E-state index in [-0.39, 0.29) is 40.8 Å². The molecule has 0 unspecified atom stereocenters. The number of carbonyl (C=O) groups is 1. The second-order valence-corrected chi connectivity index (χ2v) is 8.33. The number of nitrogen functional groups attached to an aromatic ring is 1. The van der Waals surface area contributed by atoms with Crippen LogP contribution < -0.4 is 5.73 Å². The molecule has 0 spiro atoms. The molecule has 0 aliphatic rings. The van der Waals surface area contributed by atoms with Crippen molar-refractivity contribution < 1.29 is 22.7 Å². The molecule has 6 nitrogen and oxygen atoms in total. The van der Waals surface area contributed by atoms with Crippen LogP contribution in [-0.2, 0) is 10.9 Å². The van der Waals surface area contributed by atoms with E-state index in [2.05, 4.69) is 9.97 Å². The van der Waals surface area contributed by atoms with Gasteiger partial charge in [0.1, 0.15) is 16.9 Å². The normalized spacial score (nSPS) is 12.1. The monoisotopic (exact) mass is 490 g/mol. The second kappa shape index (κ2) is 9.13. The standard InChI is InChI=1S/C24H22ClF3N4O2/c1-3-13(4-2)12-34-23(33)19-20-22(31-18-8-6-5-7-17(18)30-20)32(21(19)29)14-9-10-16(25)15(11-14)24(26,27)28/h5-11,13H,3-4,12,29H2,1-2H3. The predicted octanol–water partition coefficient (Wildman–Crippen LogP) is 6.42. The van der Waals surface area contributed by atoms with Crippen molar-refractivity contribution in [2.75, 3.05) is 12.3 Å². The van der Waals surface area contributed by atoms with Crippen LogP contribution in [-0.4, -0.2) is 27.1 Å². The largest absolute Gasteiger partial charge is 0.462 e. The molecular formula is C24H22ClF3N4O2. The lowest BCUT2D eigenvalue weighted by Gasteiger charge is -2.14. The van der Waals surface area contributed by atoms with Gasteiger partial charge in [0.25, 0.3) is 0 Å². The van der Waals surface area contributed by atoms with Crippen molar-refractivity contribution in [2.45, 2.75) is 32.9 Å². The number of carbonyl (C=O) groups excluding carboxylic acids is 1. The van der Waals surface area contributed by atoms with E-state index in [1.807, 2.05) is 13.8 Å². The Kier molecular flexibility index (Phi) is 6.40. The smallest absolute Gasteiger partial charge is 0.417 e. The van der Waals surface area contributed by atoms with E-state index in [4.69, 9.17) is 22.1 Å². The highest BCUT2D eigenvalue weighted by Crippen LogP contribution is 2.38. The third-order valence-electron chi connectivity index (χ3n) is 5.82. The van der Waals surface area contributed by atoms with E-state index in [1.165, 1.54) is 10.6 Å². The first-order valence-corrected chi connectivity index (χ1v) is 11.1. The average Bonchev–Trinajstić information content (AvgIpc) is 3.08. The molecule has 178 valence electrons. The molecule has 4 aromatic rings. The van der Waals surface area contributed by atoms with Crippen molar-refractivity contribution in [2.24, 2.45) is 5.92 Å². The SMILES string of the molecule is CCC(CC)COC(=O)c1c(N)n(-c2ccc(Cl)c(C(F)(F)F)c2)c2nc3ccccc3nc12. The predicted molar refractivity (Wildman–Crippen MR) is 125 cm³/mol. The van der Waals surface area contributed by atoms with Gasteiger partial charge in [-0.2, -0.15) is 13.2 Å². The van der Waals surface area contributed by atoms with Gasteiger partial charge in [-0.25, -0.2) is 14.8 Å². The zero-order valence-electron chi connectivity index (χ0n) is 18.5. The Balaban J connectivity index is 1.95. The number of anilines is 1. The summed E-state index contributed by atoms with van der Waals surface area (Å²) in [5.41, 5.74) is 6.62. The number of esters is 1. The molecule has 0 saturated heterocycles. The minimum atomic E-state index is -4.68. The van der Waals surface area contributed by atoms with Gasteiger partial charge < -0.3 is 10.5 Å². The van der Waals surface area contributed by atoms with Gasteiger partial charge in [-0.1, -0.05) is 50.4 Å². The third-order valence-corrected chi connectivity index (χ3v) is 6.15. The first-order valence-electron chi connectivity index (χ1n) is 10.8. The van der Waals surface area contributed by atoms with Gasteiger partial charge in [-0.15, -0.1) is 0 Å². The number of para-hydroxylation sites is 2. The van der Waals surface area contributed by atoms with Crippen LogP contribution in [0.1, 0.15) is 42.6 Å². The summed E-state index contributed by atoms with van der Waals surface area (Å²) in [6, 6.07) is 10.3. The molecule has 0 saturated carbocycles. The van der Waals surface area contributed by atoms with Crippen LogP contribution in [0.4, 0.5) is 19.0 Å². The molecule has 2 aromatic carbocycles. The van der Waals surface area contributed by atoms with Gasteiger partial charge in [0, 0.05) is 5.69 Å². The molecule has 0 aliphatic carbocycles. The van der Waals surface area contributed by atoms with Gasteiger partial charge in [-0.05, 0) is 36.2 Å². The van der Waals surface area contributed by atoms with Crippen molar-refractivity contribution in [1.29, 1.82) is 0 Å². The summed E-state index contributed by atoms with van der Waals surface area (Å²) in [7, 11) is 0. The summed E-state index contributed by atoms with van der Waals surface area (Å²) in [6.07, 6.45) is -3.02. The highest BCUT2D eigenvalue weighted by molar-refractivity contribution is 6.31. The summed E-state index contributed by atoms with van der Waals surface area (Å²) in [5.74, 6) is -0.644. The van der Waals surface area contributed by atoms with Crippen molar-refractivity contribution in [3.63, 3.8) is 0 Å². The average molecular weight is 491 g/mol. The molecule has 34 heavy (non-hydrogen) atoms. The van der Waals surface area contributed by atoms with E-state index in [0.717, 1.165) is 25.0 Å². The number of aromatic nitrogens is 3. The number of hydrogen-bond donors (Lipinski definition) is 1. The molecule has 0 aliphatic heterocycles. The van der Waals surface area contributed by atoms with Crippen LogP contribution in [0.25, 0.3) is 27.9 Å². The molecular weight excluding hydrogens is 469 g/mol. The Hall–Kier alpha value is -3.33. The van der Waals surface area contributed by atoms with Gasteiger partial charge in [0.15, 0.2) is 5.65 Å². The molecule has 2 N–H and O–H groups in total. The number of nitrogens with zero attached hydrogens (tertiary/aromatic N) is 3. The Morgan fingerprint density at radius 1 is 1.12 bits per heavy atom. The maximum Gasteiger partial charge on any atom is 0.417 e. The Morgan fingerprint density at radius 3 is 2.38 bits per heavy atom. The molecule has 0 radical (unpaired) electrons. The van der Waals surface area contributed by atoms with Crippen LogP contribution in [0.15, 0.2) is 42.5 Å². The zero-order chi connectivity index (χ0) is 24.6. The number of benzene rings is 2. The third kappa shape index (κ3) is 4.27. The van der Waals surface area contributed by atoms with Crippen LogP contribution in [0, 0.1) is 5.92 Å². The first kappa shape index (κ1) is 23.8. The molecule has 2 heterocycles. The van der Waals surface area contributed by atoms with Crippen LogP contribution in [0.2, 0.25) is 5.02 Å². The van der Waals surface area contributed by atoms with Crippen molar-refractivity contribution >= 4 is 45.6 Å². The fourth-order valence-corrected chi connectivity index (χ4v) is 4.01. The zero-order valence-corrected chi connectivity index (χ0v) is 19.2. The van der Waals surface area contributed by atoms with Crippen molar-refractivity contribution in [1.82, 2.24) is 14.5 Å². The van der Waals surface area contributed by atoms with Crippen molar-refractivity contribution in [3.8, 4) is 5.69 Å². The number of rotatable bonds is 6. The van der Waals surface area contributed by atoms with Gasteiger partial charge in [0.2, 0.25) is 0 Å². The maximum atomic E-state index is 13.5. The van der Waals surface area contributed by atoms with E-state index in [1.54, 1.807) is 24.3 Å². The summed E-state index contributed by atoms with van der Waals surface area (Å²) in [4.78, 5) is 22.2. The Bertz CT molecular complexity index is 1380. The van der Waals surface area contributed by atoms with Crippen molar-refractivity contribution in [3.05, 3.63) is 58.6 Å². The van der Waals surface area contributed by atoms with Gasteiger partial charge in [-0.3, -0.25) is 4.57 Å². The lowest BCUT2D eigenvalue weighted by molar-refractivity contribution is -0.137. The molecule has 0 bridgehead atoms. The number of nitrogens with two attached hydrogens (primary N) is 1. The van der Waals surface area contributed by atoms with Crippen LogP contribution in [0.5, 0.6) is 0 Å². The summed E-state index contributed by atoms with van der Waals surface area (Å²) >= 11 is 5.80. The molecule has 0 fully saturated rings. The van der Waals surface area contributed by atoms with E-state index in [9.17, 15) is 18.0 Å². The minimum absolute atomic E-state index is 0.0392. The van der Waals surface area contributed by atoms with Gasteiger partial charge in [0.05, 0.1) is 28.2 Å². The lowest BCUT2D eigenvalue weighted by Crippen LogP contribution is -2.15. The fraction of sp³-hybridized carbons (Fsp3) is 0.292. The molecule has 4 rings (SSSR count). The van der Waals surface area contributed by atoms with E-state index >= 15 is 0 Å². The second-order valence-electron chi connectivity index (χ2n) is 7.92. The number of alkyl halides is 3. The Morgan fingerprint density at radius 2 is 1.76 bits per heavy atom. The van der Waals surface area contributed by atoms with E-state index < -0.39 is 22.7 Å². The lowest BCUT2D eigenvalue weighted by atomic mass is 10.1. The molecule has 2 aromatic heterocycles. The number of fused-ring (bicyclic) bond motifs is 2. The molecule has 0 atom stereocenters. The summed E-state index contributed by atoms with van der Waals surface area (Å²) in [5, 5.41) is -0.451. The highest BCUT2D eigenvalue weighted by atomic mass is 35.5. The topological polar surface area (TPSA) is 83.0 Å².